The molecule has 0 aliphatic carbocycles. The molecule has 1 aromatic carbocycles. The van der Waals surface area contributed by atoms with Gasteiger partial charge in [-0.3, -0.25) is 14.8 Å². The monoisotopic (exact) mass is 452 g/mol. The van der Waals surface area contributed by atoms with Gasteiger partial charge >= 0.3 is 5.69 Å². The van der Waals surface area contributed by atoms with Crippen LogP contribution in [-0.4, -0.2) is 27.9 Å². The second-order valence-corrected chi connectivity index (χ2v) is 8.27. The summed E-state index contributed by atoms with van der Waals surface area (Å²) in [5.74, 6) is 1.16. The number of allylic oxidation sites excluding steroid dienone is 2. The number of methoxy groups -OCH3 is 1. The zero-order valence-electron chi connectivity index (χ0n) is 18.7. The normalized spacial score (nSPS) is 17.3. The van der Waals surface area contributed by atoms with Crippen molar-refractivity contribution >= 4 is 23.0 Å². The number of hydrogen-bond acceptors (Lipinski definition) is 7. The van der Waals surface area contributed by atoms with Crippen molar-refractivity contribution in [3.8, 4) is 5.75 Å². The van der Waals surface area contributed by atoms with Gasteiger partial charge in [0.15, 0.2) is 5.49 Å². The van der Waals surface area contributed by atoms with Gasteiger partial charge in [-0.15, -0.1) is 0 Å². The molecule has 0 spiro atoms. The van der Waals surface area contributed by atoms with Crippen LogP contribution in [-0.2, 0) is 0 Å². The Kier molecular flexibility index (Phi) is 4.28. The van der Waals surface area contributed by atoms with Crippen LogP contribution in [0.1, 0.15) is 35.2 Å². The first-order chi connectivity index (χ1) is 16.5. The van der Waals surface area contributed by atoms with Crippen LogP contribution in [0.15, 0.2) is 68.3 Å². The molecule has 0 saturated heterocycles. The number of aromatic amines is 2. The first-order valence-corrected chi connectivity index (χ1v) is 10.8. The molecule has 0 radical (unpaired) electrons. The number of aryl methyl sites for hydroxylation is 1. The largest absolute Gasteiger partial charge is 0.497 e. The molecule has 5 heterocycles. The van der Waals surface area contributed by atoms with E-state index in [1.165, 1.54) is 0 Å². The van der Waals surface area contributed by atoms with Crippen LogP contribution >= 0.6 is 0 Å². The highest BCUT2D eigenvalue weighted by molar-refractivity contribution is 6.11. The fourth-order valence-corrected chi connectivity index (χ4v) is 4.88. The molecule has 3 aromatic rings. The summed E-state index contributed by atoms with van der Waals surface area (Å²) >= 11 is 0. The van der Waals surface area contributed by atoms with Gasteiger partial charge in [-0.2, -0.15) is 0 Å². The summed E-state index contributed by atoms with van der Waals surface area (Å²) in [7, 11) is 1.60. The van der Waals surface area contributed by atoms with Crippen molar-refractivity contribution in [2.24, 2.45) is 9.98 Å². The number of fused-ring (bicyclic) bond motifs is 6. The van der Waals surface area contributed by atoms with E-state index in [-0.39, 0.29) is 5.82 Å². The number of anilines is 1. The third-order valence-corrected chi connectivity index (χ3v) is 6.29. The SMILES string of the molecule is COc1ccc(C2c3c4c(c(C)nc3=Nc3[nH]c(=O)[nH]c(=O)c32)=C(C)N=C2C=CC=CN24)cc1. The molecule has 1 unspecified atom stereocenters. The molecule has 0 bridgehead atoms. The molecule has 2 N–H and O–H groups in total. The minimum Gasteiger partial charge on any atom is -0.497 e. The van der Waals surface area contributed by atoms with Gasteiger partial charge in [-0.1, -0.05) is 18.2 Å². The second kappa shape index (κ2) is 7.24. The zero-order valence-corrected chi connectivity index (χ0v) is 18.7. The van der Waals surface area contributed by atoms with Crippen molar-refractivity contribution in [3.63, 3.8) is 0 Å². The second-order valence-electron chi connectivity index (χ2n) is 8.27. The maximum absolute atomic E-state index is 13.1. The van der Waals surface area contributed by atoms with Gasteiger partial charge < -0.3 is 9.64 Å². The highest BCUT2D eigenvalue weighted by Crippen LogP contribution is 2.39. The van der Waals surface area contributed by atoms with E-state index >= 15 is 0 Å². The van der Waals surface area contributed by atoms with E-state index in [2.05, 4.69) is 15.0 Å². The van der Waals surface area contributed by atoms with E-state index in [9.17, 15) is 9.59 Å². The Bertz CT molecular complexity index is 1710. The molecule has 34 heavy (non-hydrogen) atoms. The molecule has 1 atom stereocenters. The van der Waals surface area contributed by atoms with E-state index in [1.54, 1.807) is 7.11 Å². The van der Waals surface area contributed by atoms with Crippen molar-refractivity contribution in [2.45, 2.75) is 19.8 Å². The Hall–Kier alpha value is -4.53. The minimum atomic E-state index is -0.609. The molecule has 0 fully saturated rings. The first-order valence-electron chi connectivity index (χ1n) is 10.8. The predicted octanol–water partition coefficient (Wildman–Crippen LogP) is 1.65. The lowest BCUT2D eigenvalue weighted by atomic mass is 9.83. The summed E-state index contributed by atoms with van der Waals surface area (Å²) < 4.78 is 5.34. The molecule has 0 saturated carbocycles. The lowest BCUT2D eigenvalue weighted by Gasteiger charge is -2.33. The topological polar surface area (TPSA) is 116 Å². The van der Waals surface area contributed by atoms with Gasteiger partial charge in [-0.25, -0.2) is 19.8 Å². The first kappa shape index (κ1) is 20.1. The van der Waals surface area contributed by atoms with Crippen LogP contribution in [0.5, 0.6) is 5.75 Å². The van der Waals surface area contributed by atoms with E-state index in [0.717, 1.165) is 39.3 Å². The van der Waals surface area contributed by atoms with Gasteiger partial charge in [-0.05, 0) is 43.7 Å². The minimum absolute atomic E-state index is 0.216. The number of nitrogens with one attached hydrogen (secondary N) is 2. The van der Waals surface area contributed by atoms with Gasteiger partial charge in [0.2, 0.25) is 0 Å². The quantitative estimate of drug-likeness (QED) is 0.480. The molecule has 6 rings (SSSR count). The fraction of sp³-hybridized carbons (Fsp3) is 0.160. The van der Waals surface area contributed by atoms with Crippen LogP contribution in [0.2, 0.25) is 0 Å². The number of benzene rings is 1. The summed E-state index contributed by atoms with van der Waals surface area (Å²) in [6.07, 6.45) is 7.76. The van der Waals surface area contributed by atoms with Gasteiger partial charge in [0, 0.05) is 22.9 Å². The molecule has 3 aliphatic rings. The van der Waals surface area contributed by atoms with Gasteiger partial charge in [0.1, 0.15) is 17.4 Å². The summed E-state index contributed by atoms with van der Waals surface area (Å²) in [5.41, 5.74) is 3.85. The van der Waals surface area contributed by atoms with E-state index < -0.39 is 17.2 Å². The van der Waals surface area contributed by atoms with Crippen LogP contribution in [0.4, 0.5) is 11.5 Å². The third-order valence-electron chi connectivity index (χ3n) is 6.29. The van der Waals surface area contributed by atoms with Crippen molar-refractivity contribution in [3.05, 3.63) is 103 Å². The number of ether oxygens (including phenoxy) is 1. The molecule has 3 aliphatic heterocycles. The summed E-state index contributed by atoms with van der Waals surface area (Å²) in [6.45, 7) is 3.87. The van der Waals surface area contributed by atoms with Crippen LogP contribution in [0.3, 0.4) is 0 Å². The molecule has 2 aromatic heterocycles. The maximum Gasteiger partial charge on any atom is 0.327 e. The molecule has 9 nitrogen and oxygen atoms in total. The highest BCUT2D eigenvalue weighted by Gasteiger charge is 2.35. The summed E-state index contributed by atoms with van der Waals surface area (Å²) in [4.78, 5) is 46.5. The van der Waals surface area contributed by atoms with E-state index in [0.29, 0.717) is 16.8 Å². The molecule has 0 amide bonds. The third kappa shape index (κ3) is 2.83. The van der Waals surface area contributed by atoms with Crippen molar-refractivity contribution in [1.82, 2.24) is 15.0 Å². The van der Waals surface area contributed by atoms with E-state index in [4.69, 9.17) is 14.7 Å². The van der Waals surface area contributed by atoms with Crippen molar-refractivity contribution < 1.29 is 4.74 Å². The van der Waals surface area contributed by atoms with Crippen LogP contribution < -0.4 is 31.6 Å². The Labute approximate surface area is 193 Å². The molecular weight excluding hydrogens is 432 g/mol. The van der Waals surface area contributed by atoms with Crippen LogP contribution in [0.25, 0.3) is 5.70 Å². The number of rotatable bonds is 2. The molecule has 9 heteroatoms. The number of amidine groups is 1. The van der Waals surface area contributed by atoms with Crippen LogP contribution in [0, 0.1) is 6.92 Å². The number of pyridine rings is 1. The van der Waals surface area contributed by atoms with Gasteiger partial charge in [0.05, 0.1) is 29.8 Å². The Balaban J connectivity index is 1.78. The average molecular weight is 452 g/mol. The highest BCUT2D eigenvalue weighted by atomic mass is 16.5. The molecular formula is C25H20N6O3. The zero-order chi connectivity index (χ0) is 23.6. The Morgan fingerprint density at radius 1 is 1.00 bits per heavy atom. The molecule has 168 valence electrons. The number of nitrogens with zero attached hydrogens (tertiary/aromatic N) is 4. The Morgan fingerprint density at radius 3 is 2.56 bits per heavy atom. The maximum atomic E-state index is 13.1. The van der Waals surface area contributed by atoms with Crippen molar-refractivity contribution in [1.29, 1.82) is 0 Å². The summed E-state index contributed by atoms with van der Waals surface area (Å²) in [5, 5.41) is 0.903. The lowest BCUT2D eigenvalue weighted by molar-refractivity contribution is 0.414. The Morgan fingerprint density at radius 2 is 1.79 bits per heavy atom. The number of H-pyrrole nitrogens is 2. The van der Waals surface area contributed by atoms with E-state index in [1.807, 2.05) is 67.4 Å². The number of aliphatic imine (C=N–C) groups is 1. The fourth-order valence-electron chi connectivity index (χ4n) is 4.88. The predicted molar refractivity (Wildman–Crippen MR) is 128 cm³/mol. The number of aromatic nitrogens is 3. The van der Waals surface area contributed by atoms with Crippen molar-refractivity contribution in [2.75, 3.05) is 12.0 Å². The smallest absolute Gasteiger partial charge is 0.327 e. The number of hydrogen-bond donors (Lipinski definition) is 2. The average Bonchev–Trinajstić information content (AvgIpc) is 2.82. The standard InChI is InChI=1S/C25H20N6O3/c1-12-17-13(2)27-22-19(21(17)31-11-5-4-6-16(31)26-12)18(14-7-9-15(34-3)10-8-14)20-23(28-22)29-25(33)30-24(20)32/h4-11,18H,1-3H3,(H2,29,30,32,33). The van der Waals surface area contributed by atoms with Gasteiger partial charge in [0.25, 0.3) is 5.56 Å². The lowest BCUT2D eigenvalue weighted by Crippen LogP contribution is -2.42. The summed E-state index contributed by atoms with van der Waals surface area (Å²) in [6, 6.07) is 7.53.